The van der Waals surface area contributed by atoms with Crippen LogP contribution in [0, 0.1) is 5.41 Å². The minimum absolute atomic E-state index is 0.116. The average Bonchev–Trinajstić information content (AvgIpc) is 1.83. The predicted molar refractivity (Wildman–Crippen MR) is 39.0 cm³/mol. The van der Waals surface area contributed by atoms with Gasteiger partial charge in [0.15, 0.2) is 0 Å². The molecule has 52 valence electrons. The number of hydrogen-bond acceptors (Lipinski definition) is 2. The Hall–Kier alpha value is -0.630. The molecule has 0 aliphatic rings. The molecule has 1 N–H and O–H groups in total. The number of allylic oxidation sites excluding steroid dienone is 1. The molecule has 2 nitrogen and oxygen atoms in total. The van der Waals surface area contributed by atoms with Crippen molar-refractivity contribution in [2.75, 3.05) is 7.11 Å². The van der Waals surface area contributed by atoms with Crippen molar-refractivity contribution in [2.24, 2.45) is 0 Å². The van der Waals surface area contributed by atoms with Gasteiger partial charge in [0.25, 0.3) is 0 Å². The van der Waals surface area contributed by atoms with E-state index >= 15 is 0 Å². The summed E-state index contributed by atoms with van der Waals surface area (Å²) in [4.78, 5) is 0. The van der Waals surface area contributed by atoms with E-state index in [1.807, 2.05) is 13.0 Å². The van der Waals surface area contributed by atoms with Gasteiger partial charge in [-0.3, -0.25) is 0 Å². The van der Waals surface area contributed by atoms with E-state index in [4.69, 9.17) is 10.1 Å². The molecule has 0 saturated carbocycles. The van der Waals surface area contributed by atoms with E-state index in [1.54, 1.807) is 20.1 Å². The molecule has 1 unspecified atom stereocenters. The van der Waals surface area contributed by atoms with Crippen LogP contribution in [0.1, 0.15) is 13.8 Å². The highest BCUT2D eigenvalue weighted by molar-refractivity contribution is 5.89. The number of methoxy groups -OCH3 is 1. The van der Waals surface area contributed by atoms with Gasteiger partial charge in [0, 0.05) is 12.8 Å². The summed E-state index contributed by atoms with van der Waals surface area (Å²) in [7, 11) is 1.65. The molecule has 0 aromatic heterocycles. The molecule has 2 heteroatoms. The van der Waals surface area contributed by atoms with Gasteiger partial charge < -0.3 is 10.1 Å². The third-order valence-corrected chi connectivity index (χ3v) is 0.989. The lowest BCUT2D eigenvalue weighted by Gasteiger charge is -1.99. The number of nitrogens with one attached hydrogen (secondary N) is 1. The maximum absolute atomic E-state index is 7.02. The Balaban J connectivity index is 3.56. The normalized spacial score (nSPS) is 14.1. The molecule has 0 fully saturated rings. The van der Waals surface area contributed by atoms with Gasteiger partial charge in [-0.25, -0.2) is 0 Å². The number of rotatable bonds is 3. The van der Waals surface area contributed by atoms with E-state index in [0.717, 1.165) is 0 Å². The Morgan fingerprint density at radius 3 is 2.56 bits per heavy atom. The van der Waals surface area contributed by atoms with Crippen molar-refractivity contribution >= 4 is 5.71 Å². The zero-order chi connectivity index (χ0) is 7.28. The molecule has 0 aliphatic heterocycles. The molecule has 0 aromatic carbocycles. The van der Waals surface area contributed by atoms with Crippen LogP contribution in [-0.2, 0) is 4.74 Å². The van der Waals surface area contributed by atoms with Crippen LogP contribution in [0.15, 0.2) is 12.2 Å². The average molecular weight is 127 g/mol. The Morgan fingerprint density at radius 1 is 1.67 bits per heavy atom. The molecule has 1 atom stereocenters. The van der Waals surface area contributed by atoms with Crippen LogP contribution in [0.3, 0.4) is 0 Å². The molecule has 0 saturated heterocycles. The lowest BCUT2D eigenvalue weighted by Crippen LogP contribution is -1.99. The molecule has 9 heavy (non-hydrogen) atoms. The van der Waals surface area contributed by atoms with Crippen molar-refractivity contribution in [3.8, 4) is 0 Å². The summed E-state index contributed by atoms with van der Waals surface area (Å²) < 4.78 is 4.92. The standard InChI is InChI=1S/C7H13NO/c1-6(8)4-5-7(2)9-3/h4-5,7-8H,1-3H3/b5-4-,8-6?. The summed E-state index contributed by atoms with van der Waals surface area (Å²) in [6, 6.07) is 0. The summed E-state index contributed by atoms with van der Waals surface area (Å²) in [5.74, 6) is 0. The lowest BCUT2D eigenvalue weighted by molar-refractivity contribution is 0.156. The van der Waals surface area contributed by atoms with E-state index < -0.39 is 0 Å². The van der Waals surface area contributed by atoms with Crippen molar-refractivity contribution in [1.29, 1.82) is 5.41 Å². The molecular weight excluding hydrogens is 114 g/mol. The third kappa shape index (κ3) is 5.24. The highest BCUT2D eigenvalue weighted by Crippen LogP contribution is 1.89. The van der Waals surface area contributed by atoms with Crippen molar-refractivity contribution in [2.45, 2.75) is 20.0 Å². The van der Waals surface area contributed by atoms with E-state index in [9.17, 15) is 0 Å². The van der Waals surface area contributed by atoms with Gasteiger partial charge in [0.1, 0.15) is 0 Å². The summed E-state index contributed by atoms with van der Waals surface area (Å²) >= 11 is 0. The summed E-state index contributed by atoms with van der Waals surface area (Å²) in [5, 5.41) is 7.02. The highest BCUT2D eigenvalue weighted by Gasteiger charge is 1.88. The summed E-state index contributed by atoms with van der Waals surface area (Å²) in [6.45, 7) is 3.66. The zero-order valence-corrected chi connectivity index (χ0v) is 6.14. The van der Waals surface area contributed by atoms with Crippen molar-refractivity contribution in [1.82, 2.24) is 0 Å². The van der Waals surface area contributed by atoms with Crippen LogP contribution in [0.25, 0.3) is 0 Å². The molecule has 0 amide bonds. The molecule has 0 heterocycles. The van der Waals surface area contributed by atoms with Crippen LogP contribution in [0.2, 0.25) is 0 Å². The third-order valence-electron chi connectivity index (χ3n) is 0.989. The Morgan fingerprint density at radius 2 is 2.22 bits per heavy atom. The van der Waals surface area contributed by atoms with E-state index in [1.165, 1.54) is 0 Å². The molecular formula is C7H13NO. The van der Waals surface area contributed by atoms with Gasteiger partial charge in [0.05, 0.1) is 6.10 Å². The Kier molecular flexibility index (Phi) is 3.97. The first-order chi connectivity index (χ1) is 4.16. The highest BCUT2D eigenvalue weighted by atomic mass is 16.5. The maximum atomic E-state index is 7.02. The van der Waals surface area contributed by atoms with Gasteiger partial charge in [-0.2, -0.15) is 0 Å². The molecule has 0 aromatic rings. The minimum atomic E-state index is 0.116. The van der Waals surface area contributed by atoms with Crippen LogP contribution in [0.4, 0.5) is 0 Å². The Bertz CT molecular complexity index is 118. The van der Waals surface area contributed by atoms with Crippen molar-refractivity contribution < 1.29 is 4.74 Å². The van der Waals surface area contributed by atoms with Crippen molar-refractivity contribution in [3.63, 3.8) is 0 Å². The fraction of sp³-hybridized carbons (Fsp3) is 0.571. The molecule has 0 bridgehead atoms. The Labute approximate surface area is 56.0 Å². The second-order valence-electron chi connectivity index (χ2n) is 1.98. The first kappa shape index (κ1) is 8.37. The topological polar surface area (TPSA) is 33.1 Å². The van der Waals surface area contributed by atoms with Crippen LogP contribution < -0.4 is 0 Å². The summed E-state index contributed by atoms with van der Waals surface area (Å²) in [6.07, 6.45) is 3.70. The quantitative estimate of drug-likeness (QED) is 0.574. The van der Waals surface area contributed by atoms with Crippen LogP contribution in [0.5, 0.6) is 0 Å². The fourth-order valence-corrected chi connectivity index (χ4v) is 0.358. The lowest BCUT2D eigenvalue weighted by atomic mass is 10.3. The molecule has 0 aliphatic carbocycles. The minimum Gasteiger partial charge on any atom is -0.378 e. The van der Waals surface area contributed by atoms with Crippen LogP contribution >= 0.6 is 0 Å². The van der Waals surface area contributed by atoms with Crippen LogP contribution in [-0.4, -0.2) is 18.9 Å². The monoisotopic (exact) mass is 127 g/mol. The van der Waals surface area contributed by atoms with Gasteiger partial charge in [0.2, 0.25) is 0 Å². The molecule has 0 radical (unpaired) electrons. The predicted octanol–water partition coefficient (Wildman–Crippen LogP) is 1.62. The van der Waals surface area contributed by atoms with Gasteiger partial charge in [-0.15, -0.1) is 0 Å². The SMILES string of the molecule is COC(C)/C=C\C(C)=N. The van der Waals surface area contributed by atoms with E-state index in [2.05, 4.69) is 0 Å². The number of hydrogen-bond donors (Lipinski definition) is 1. The van der Waals surface area contributed by atoms with Gasteiger partial charge in [-0.05, 0) is 19.9 Å². The molecule has 0 rings (SSSR count). The molecule has 0 spiro atoms. The second kappa shape index (κ2) is 4.27. The first-order valence-corrected chi connectivity index (χ1v) is 2.93. The first-order valence-electron chi connectivity index (χ1n) is 2.93. The van der Waals surface area contributed by atoms with Gasteiger partial charge >= 0.3 is 0 Å². The van der Waals surface area contributed by atoms with Gasteiger partial charge in [-0.1, -0.05) is 6.08 Å². The maximum Gasteiger partial charge on any atom is 0.0727 e. The van der Waals surface area contributed by atoms with Crippen molar-refractivity contribution in [3.05, 3.63) is 12.2 Å². The smallest absolute Gasteiger partial charge is 0.0727 e. The summed E-state index contributed by atoms with van der Waals surface area (Å²) in [5.41, 5.74) is 0.555. The van der Waals surface area contributed by atoms with E-state index in [-0.39, 0.29) is 6.10 Å². The second-order valence-corrected chi connectivity index (χ2v) is 1.98. The zero-order valence-electron chi connectivity index (χ0n) is 6.14. The number of ether oxygens (including phenoxy) is 1. The van der Waals surface area contributed by atoms with E-state index in [0.29, 0.717) is 5.71 Å². The largest absolute Gasteiger partial charge is 0.378 e. The fourth-order valence-electron chi connectivity index (χ4n) is 0.358.